The molecule has 0 saturated heterocycles. The summed E-state index contributed by atoms with van der Waals surface area (Å²) in [7, 11) is 3.33. The van der Waals surface area contributed by atoms with E-state index in [2.05, 4.69) is 16.8 Å². The van der Waals surface area contributed by atoms with E-state index in [-0.39, 0.29) is 41.9 Å². The van der Waals surface area contributed by atoms with E-state index in [1.54, 1.807) is 43.1 Å². The predicted molar refractivity (Wildman–Crippen MR) is 132 cm³/mol. The first kappa shape index (κ1) is 26.0. The van der Waals surface area contributed by atoms with E-state index in [0.717, 1.165) is 5.56 Å². The molecule has 2 heterocycles. The molecular formula is C27H33N3O5. The highest BCUT2D eigenvalue weighted by Gasteiger charge is 2.34. The summed E-state index contributed by atoms with van der Waals surface area (Å²) in [5, 5.41) is 9.80. The second-order valence-corrected chi connectivity index (χ2v) is 8.78. The normalized spacial score (nSPS) is 18.2. The van der Waals surface area contributed by atoms with Crippen molar-refractivity contribution in [2.75, 3.05) is 33.9 Å². The van der Waals surface area contributed by atoms with Gasteiger partial charge in [0.05, 0.1) is 31.9 Å². The topological polar surface area (TPSA) is 92.2 Å². The predicted octanol–water partition coefficient (Wildman–Crippen LogP) is 2.58. The average molecular weight is 480 g/mol. The van der Waals surface area contributed by atoms with Crippen LogP contribution in [0.3, 0.4) is 0 Å². The van der Waals surface area contributed by atoms with Crippen LogP contribution in [0, 0.1) is 17.8 Å². The van der Waals surface area contributed by atoms with E-state index >= 15 is 0 Å². The van der Waals surface area contributed by atoms with E-state index in [1.807, 2.05) is 38.1 Å². The second-order valence-electron chi connectivity index (χ2n) is 8.78. The molecule has 8 nitrogen and oxygen atoms in total. The standard InChI is InChI=1S/C27H33N3O5/c1-6-25(32)29(4)16-24-18(2)15-30(19(3)17-31)27(33)22-13-20(14-28-26(22)35-24)11-12-21-9-7-8-10-23(21)34-5/h7-10,13-14,18-19,24,31H,6,15-17H2,1-5H3/t18-,19+,24+/m1/s1. The molecular weight excluding hydrogens is 446 g/mol. The zero-order valence-corrected chi connectivity index (χ0v) is 20.9. The fourth-order valence-electron chi connectivity index (χ4n) is 3.92. The maximum Gasteiger partial charge on any atom is 0.259 e. The molecule has 0 spiro atoms. The summed E-state index contributed by atoms with van der Waals surface area (Å²) in [6.07, 6.45) is 1.58. The second kappa shape index (κ2) is 11.7. The summed E-state index contributed by atoms with van der Waals surface area (Å²) >= 11 is 0. The van der Waals surface area contributed by atoms with Crippen molar-refractivity contribution < 1.29 is 24.2 Å². The lowest BCUT2D eigenvalue weighted by Gasteiger charge is -2.37. The smallest absolute Gasteiger partial charge is 0.259 e. The SMILES string of the molecule is CCC(=O)N(C)C[C@@H]1Oc2ncc(C#Cc3ccccc3OC)cc2C(=O)N([C@@H](C)CO)C[C@H]1C. The van der Waals surface area contributed by atoms with E-state index in [4.69, 9.17) is 9.47 Å². The van der Waals surface area contributed by atoms with Crippen LogP contribution in [0.5, 0.6) is 11.6 Å². The van der Waals surface area contributed by atoms with Crippen molar-refractivity contribution in [3.63, 3.8) is 0 Å². The third-order valence-corrected chi connectivity index (χ3v) is 6.15. The number of ether oxygens (including phenoxy) is 2. The number of hydrogen-bond donors (Lipinski definition) is 1. The molecule has 186 valence electrons. The largest absolute Gasteiger partial charge is 0.495 e. The minimum atomic E-state index is -0.394. The minimum absolute atomic E-state index is 0.00895. The number of fused-ring (bicyclic) bond motifs is 1. The van der Waals surface area contributed by atoms with Gasteiger partial charge in [-0.1, -0.05) is 37.8 Å². The van der Waals surface area contributed by atoms with E-state index in [0.29, 0.717) is 30.8 Å². The molecule has 3 rings (SSSR count). The molecule has 1 aliphatic rings. The molecule has 0 radical (unpaired) electrons. The Kier molecular flexibility index (Phi) is 8.72. The average Bonchev–Trinajstić information content (AvgIpc) is 2.88. The number of aliphatic hydroxyl groups excluding tert-OH is 1. The van der Waals surface area contributed by atoms with Gasteiger partial charge in [-0.15, -0.1) is 0 Å². The Hall–Kier alpha value is -3.57. The molecule has 1 aromatic carbocycles. The van der Waals surface area contributed by atoms with Gasteiger partial charge in [-0.25, -0.2) is 4.98 Å². The molecule has 0 fully saturated rings. The number of rotatable bonds is 6. The van der Waals surface area contributed by atoms with E-state index in [9.17, 15) is 14.7 Å². The molecule has 1 aromatic heterocycles. The van der Waals surface area contributed by atoms with Crippen LogP contribution in [0.25, 0.3) is 0 Å². The monoisotopic (exact) mass is 479 g/mol. The number of carbonyl (C=O) groups excluding carboxylic acids is 2. The van der Waals surface area contributed by atoms with Crippen molar-refractivity contribution in [1.82, 2.24) is 14.8 Å². The Morgan fingerprint density at radius 2 is 2.11 bits per heavy atom. The molecule has 0 unspecified atom stereocenters. The highest BCUT2D eigenvalue weighted by Crippen LogP contribution is 2.27. The summed E-state index contributed by atoms with van der Waals surface area (Å²) in [6.45, 7) is 6.14. The first-order valence-corrected chi connectivity index (χ1v) is 11.8. The lowest BCUT2D eigenvalue weighted by Crippen LogP contribution is -2.50. The van der Waals surface area contributed by atoms with Crippen molar-refractivity contribution in [2.24, 2.45) is 5.92 Å². The summed E-state index contributed by atoms with van der Waals surface area (Å²) in [6, 6.07) is 8.69. The van der Waals surface area contributed by atoms with Crippen molar-refractivity contribution >= 4 is 11.8 Å². The molecule has 1 aliphatic heterocycles. The number of amides is 2. The zero-order chi connectivity index (χ0) is 25.5. The number of benzene rings is 1. The maximum absolute atomic E-state index is 13.5. The van der Waals surface area contributed by atoms with Gasteiger partial charge < -0.3 is 24.4 Å². The van der Waals surface area contributed by atoms with Gasteiger partial charge in [0.25, 0.3) is 5.91 Å². The molecule has 35 heavy (non-hydrogen) atoms. The number of methoxy groups -OCH3 is 1. The van der Waals surface area contributed by atoms with Gasteiger partial charge in [0, 0.05) is 37.7 Å². The van der Waals surface area contributed by atoms with Crippen LogP contribution >= 0.6 is 0 Å². The lowest BCUT2D eigenvalue weighted by atomic mass is 9.99. The Balaban J connectivity index is 2.00. The Morgan fingerprint density at radius 3 is 2.80 bits per heavy atom. The number of carbonyl (C=O) groups is 2. The van der Waals surface area contributed by atoms with Crippen LogP contribution in [0.1, 0.15) is 48.7 Å². The molecule has 1 N–H and O–H groups in total. The number of pyridine rings is 1. The van der Waals surface area contributed by atoms with Gasteiger partial charge in [-0.3, -0.25) is 9.59 Å². The van der Waals surface area contributed by atoms with Gasteiger partial charge in [-0.2, -0.15) is 0 Å². The van der Waals surface area contributed by atoms with Gasteiger partial charge in [0.15, 0.2) is 0 Å². The minimum Gasteiger partial charge on any atom is -0.495 e. The molecule has 8 heteroatoms. The van der Waals surface area contributed by atoms with Crippen LogP contribution < -0.4 is 9.47 Å². The van der Waals surface area contributed by atoms with Crippen LogP contribution in [0.2, 0.25) is 0 Å². The van der Waals surface area contributed by atoms with Crippen LogP contribution in [0.4, 0.5) is 0 Å². The van der Waals surface area contributed by atoms with Crippen molar-refractivity contribution in [1.29, 1.82) is 0 Å². The molecule has 0 saturated carbocycles. The third kappa shape index (κ3) is 6.11. The van der Waals surface area contributed by atoms with Crippen molar-refractivity contribution in [3.05, 3.63) is 53.2 Å². The van der Waals surface area contributed by atoms with Gasteiger partial charge in [0.2, 0.25) is 11.8 Å². The summed E-state index contributed by atoms with van der Waals surface area (Å²) in [5.41, 5.74) is 1.54. The highest BCUT2D eigenvalue weighted by molar-refractivity contribution is 5.97. The van der Waals surface area contributed by atoms with Crippen LogP contribution in [0.15, 0.2) is 36.5 Å². The van der Waals surface area contributed by atoms with Gasteiger partial charge >= 0.3 is 0 Å². The van der Waals surface area contributed by atoms with E-state index < -0.39 is 6.04 Å². The highest BCUT2D eigenvalue weighted by atomic mass is 16.5. The number of aromatic nitrogens is 1. The third-order valence-electron chi connectivity index (χ3n) is 6.15. The van der Waals surface area contributed by atoms with Crippen molar-refractivity contribution in [2.45, 2.75) is 39.3 Å². The molecule has 2 amide bonds. The van der Waals surface area contributed by atoms with E-state index in [1.165, 1.54) is 0 Å². The number of hydrogen-bond acceptors (Lipinski definition) is 6. The number of para-hydroxylation sites is 1. The molecule has 0 bridgehead atoms. The fraction of sp³-hybridized carbons (Fsp3) is 0.444. The van der Waals surface area contributed by atoms with Crippen LogP contribution in [-0.4, -0.2) is 77.7 Å². The zero-order valence-electron chi connectivity index (χ0n) is 20.9. The summed E-state index contributed by atoms with van der Waals surface area (Å²) in [4.78, 5) is 33.4. The number of likely N-dealkylation sites (N-methyl/N-ethyl adjacent to an activating group) is 1. The molecule has 0 aliphatic carbocycles. The Labute approximate surface area is 206 Å². The first-order valence-electron chi connectivity index (χ1n) is 11.8. The first-order chi connectivity index (χ1) is 16.8. The Bertz CT molecular complexity index is 1120. The fourth-order valence-corrected chi connectivity index (χ4v) is 3.92. The number of nitrogens with zero attached hydrogens (tertiary/aromatic N) is 3. The summed E-state index contributed by atoms with van der Waals surface area (Å²) < 4.78 is 11.6. The number of aliphatic hydroxyl groups is 1. The summed E-state index contributed by atoms with van der Waals surface area (Å²) in [5.74, 6) is 6.61. The van der Waals surface area contributed by atoms with Gasteiger partial charge in [0.1, 0.15) is 17.4 Å². The van der Waals surface area contributed by atoms with Gasteiger partial charge in [-0.05, 0) is 25.1 Å². The quantitative estimate of drug-likeness (QED) is 0.641. The van der Waals surface area contributed by atoms with Crippen LogP contribution in [-0.2, 0) is 4.79 Å². The lowest BCUT2D eigenvalue weighted by molar-refractivity contribution is -0.131. The molecule has 2 aromatic rings. The molecule has 3 atom stereocenters. The maximum atomic E-state index is 13.5. The Morgan fingerprint density at radius 1 is 1.37 bits per heavy atom. The van der Waals surface area contributed by atoms with Crippen molar-refractivity contribution in [3.8, 4) is 23.5 Å².